The number of carbonyl (C=O) groups is 1. The topological polar surface area (TPSA) is 40.5 Å². The van der Waals surface area contributed by atoms with Crippen molar-refractivity contribution in [1.29, 1.82) is 0 Å². The average Bonchev–Trinajstić information content (AvgIpc) is 2.22. The fourth-order valence-corrected chi connectivity index (χ4v) is 2.90. The molecule has 86 valence electrons. The molecule has 5 heteroatoms. The number of nitrogens with zero attached hydrogens (tertiary/aromatic N) is 1. The van der Waals surface area contributed by atoms with E-state index in [1.54, 1.807) is 22.7 Å². The highest BCUT2D eigenvalue weighted by atomic mass is 32.2. The quantitative estimate of drug-likeness (QED) is 0.861. The Hall–Kier alpha value is -1.23. The third-order valence-corrected chi connectivity index (χ3v) is 3.84. The summed E-state index contributed by atoms with van der Waals surface area (Å²) in [5, 5.41) is 8.84. The Kier molecular flexibility index (Phi) is 3.05. The van der Waals surface area contributed by atoms with Crippen LogP contribution >= 0.6 is 11.8 Å². The van der Waals surface area contributed by atoms with Crippen LogP contribution in [0.5, 0.6) is 0 Å². The van der Waals surface area contributed by atoms with E-state index in [0.29, 0.717) is 0 Å². The first-order valence-electron chi connectivity index (χ1n) is 4.98. The van der Waals surface area contributed by atoms with Crippen LogP contribution in [-0.4, -0.2) is 29.4 Å². The predicted octanol–water partition coefficient (Wildman–Crippen LogP) is 2.21. The summed E-state index contributed by atoms with van der Waals surface area (Å²) in [6.45, 7) is 1.93. The van der Waals surface area contributed by atoms with Crippen LogP contribution in [0.25, 0.3) is 0 Å². The van der Waals surface area contributed by atoms with Gasteiger partial charge in [-0.1, -0.05) is 0 Å². The Bertz CT molecular complexity index is 424. The van der Waals surface area contributed by atoms with Crippen LogP contribution < -0.4 is 4.90 Å². The average molecular weight is 241 g/mol. The van der Waals surface area contributed by atoms with E-state index < -0.39 is 5.97 Å². The number of hydrogen-bond donors (Lipinski definition) is 1. The number of carboxylic acids is 1. The first-order valence-corrected chi connectivity index (χ1v) is 5.97. The molecule has 0 saturated carbocycles. The molecular weight excluding hydrogens is 229 g/mol. The lowest BCUT2D eigenvalue weighted by Gasteiger charge is -2.35. The van der Waals surface area contributed by atoms with Crippen LogP contribution in [-0.2, 0) is 4.79 Å². The lowest BCUT2D eigenvalue weighted by molar-refractivity contribution is -0.135. The summed E-state index contributed by atoms with van der Waals surface area (Å²) in [6.07, 6.45) is 0. The molecule has 16 heavy (non-hydrogen) atoms. The molecule has 0 fully saturated rings. The van der Waals surface area contributed by atoms with Gasteiger partial charge in [0.05, 0.1) is 5.69 Å². The highest BCUT2D eigenvalue weighted by Crippen LogP contribution is 2.37. The van der Waals surface area contributed by atoms with E-state index in [4.69, 9.17) is 5.11 Å². The van der Waals surface area contributed by atoms with E-state index in [1.165, 1.54) is 12.1 Å². The molecule has 1 aromatic rings. The number of carboxylic acid groups (broad SMARTS) is 1. The van der Waals surface area contributed by atoms with Crippen LogP contribution in [0.4, 0.5) is 10.1 Å². The van der Waals surface area contributed by atoms with Gasteiger partial charge in [-0.15, -0.1) is 11.8 Å². The first kappa shape index (κ1) is 11.3. The highest BCUT2D eigenvalue weighted by molar-refractivity contribution is 7.99. The van der Waals surface area contributed by atoms with Gasteiger partial charge in [0.1, 0.15) is 12.4 Å². The Labute approximate surface area is 97.3 Å². The van der Waals surface area contributed by atoms with Crippen molar-refractivity contribution in [1.82, 2.24) is 0 Å². The molecule has 1 unspecified atom stereocenters. The summed E-state index contributed by atoms with van der Waals surface area (Å²) in [4.78, 5) is 13.4. The van der Waals surface area contributed by atoms with Crippen molar-refractivity contribution in [2.24, 2.45) is 0 Å². The smallest absolute Gasteiger partial charge is 0.323 e. The summed E-state index contributed by atoms with van der Waals surface area (Å²) in [6, 6.07) is 4.63. The molecule has 0 aromatic heterocycles. The molecule has 1 atom stereocenters. The van der Waals surface area contributed by atoms with Gasteiger partial charge in [-0.25, -0.2) is 4.39 Å². The normalized spacial score (nSPS) is 19.4. The van der Waals surface area contributed by atoms with Gasteiger partial charge in [0.15, 0.2) is 0 Å². The zero-order chi connectivity index (χ0) is 11.7. The van der Waals surface area contributed by atoms with E-state index in [0.717, 1.165) is 16.3 Å². The number of aliphatic carboxylic acids is 1. The zero-order valence-electron chi connectivity index (χ0n) is 8.81. The maximum absolute atomic E-state index is 13.0. The number of thioether (sulfide) groups is 1. The maximum Gasteiger partial charge on any atom is 0.323 e. The number of halogens is 1. The van der Waals surface area contributed by atoms with Crippen LogP contribution in [0.1, 0.15) is 6.92 Å². The molecule has 1 aliphatic heterocycles. The Morgan fingerprint density at radius 1 is 1.69 bits per heavy atom. The summed E-state index contributed by atoms with van der Waals surface area (Å²) in [7, 11) is 0. The van der Waals surface area contributed by atoms with Crippen molar-refractivity contribution >= 4 is 23.4 Å². The number of benzene rings is 1. The van der Waals surface area contributed by atoms with Gasteiger partial charge in [0, 0.05) is 16.7 Å². The SMILES string of the molecule is CC1CSc2cc(F)ccc2N1CC(=O)O. The van der Waals surface area contributed by atoms with Gasteiger partial charge in [-0.05, 0) is 25.1 Å². The second-order valence-corrected chi connectivity index (χ2v) is 4.86. The third kappa shape index (κ3) is 2.14. The minimum absolute atomic E-state index is 0.0413. The molecule has 2 rings (SSSR count). The van der Waals surface area contributed by atoms with Crippen molar-refractivity contribution in [3.63, 3.8) is 0 Å². The summed E-state index contributed by atoms with van der Waals surface area (Å²) < 4.78 is 13.0. The molecule has 1 aromatic carbocycles. The molecule has 0 bridgehead atoms. The molecular formula is C11H12FNO2S. The molecule has 0 amide bonds. The molecule has 0 spiro atoms. The Morgan fingerprint density at radius 3 is 3.12 bits per heavy atom. The van der Waals surface area contributed by atoms with Gasteiger partial charge in [0.25, 0.3) is 0 Å². The monoisotopic (exact) mass is 241 g/mol. The molecule has 0 radical (unpaired) electrons. The van der Waals surface area contributed by atoms with Crippen molar-refractivity contribution in [2.45, 2.75) is 17.9 Å². The number of rotatable bonds is 2. The Balaban J connectivity index is 2.36. The molecule has 0 saturated heterocycles. The molecule has 1 aliphatic rings. The summed E-state index contributed by atoms with van der Waals surface area (Å²) >= 11 is 1.57. The minimum atomic E-state index is -0.867. The van der Waals surface area contributed by atoms with Gasteiger partial charge in [0.2, 0.25) is 0 Å². The van der Waals surface area contributed by atoms with Crippen molar-refractivity contribution < 1.29 is 14.3 Å². The van der Waals surface area contributed by atoms with Gasteiger partial charge in [-0.2, -0.15) is 0 Å². The largest absolute Gasteiger partial charge is 0.480 e. The van der Waals surface area contributed by atoms with Crippen LogP contribution in [0.15, 0.2) is 23.1 Å². The lowest BCUT2D eigenvalue weighted by Crippen LogP contribution is -2.41. The van der Waals surface area contributed by atoms with E-state index in [2.05, 4.69) is 0 Å². The van der Waals surface area contributed by atoms with E-state index in [-0.39, 0.29) is 18.4 Å². The molecule has 1 heterocycles. The van der Waals surface area contributed by atoms with Crippen LogP contribution in [0.2, 0.25) is 0 Å². The van der Waals surface area contributed by atoms with E-state index in [1.807, 2.05) is 6.92 Å². The van der Waals surface area contributed by atoms with Gasteiger partial charge in [-0.3, -0.25) is 4.79 Å². The third-order valence-electron chi connectivity index (χ3n) is 2.55. The first-order chi connectivity index (χ1) is 7.58. The lowest BCUT2D eigenvalue weighted by atomic mass is 10.2. The van der Waals surface area contributed by atoms with Crippen molar-refractivity contribution in [3.05, 3.63) is 24.0 Å². The van der Waals surface area contributed by atoms with E-state index >= 15 is 0 Å². The predicted molar refractivity (Wildman–Crippen MR) is 61.6 cm³/mol. The molecule has 1 N–H and O–H groups in total. The van der Waals surface area contributed by atoms with Gasteiger partial charge < -0.3 is 10.0 Å². The second-order valence-electron chi connectivity index (χ2n) is 3.79. The summed E-state index contributed by atoms with van der Waals surface area (Å²) in [5.41, 5.74) is 0.813. The standard InChI is InChI=1S/C11H12FNO2S/c1-7-6-16-10-4-8(12)2-3-9(10)13(7)5-11(14)15/h2-4,7H,5-6H2,1H3,(H,14,15). The van der Waals surface area contributed by atoms with Crippen LogP contribution in [0.3, 0.4) is 0 Å². The van der Waals surface area contributed by atoms with Crippen molar-refractivity contribution in [3.8, 4) is 0 Å². The van der Waals surface area contributed by atoms with E-state index in [9.17, 15) is 9.18 Å². The maximum atomic E-state index is 13.0. The van der Waals surface area contributed by atoms with Crippen LogP contribution in [0, 0.1) is 5.82 Å². The zero-order valence-corrected chi connectivity index (χ0v) is 9.63. The number of fused-ring (bicyclic) bond motifs is 1. The highest BCUT2D eigenvalue weighted by Gasteiger charge is 2.25. The number of hydrogen-bond acceptors (Lipinski definition) is 3. The van der Waals surface area contributed by atoms with Gasteiger partial charge >= 0.3 is 5.97 Å². The molecule has 0 aliphatic carbocycles. The fraction of sp³-hybridized carbons (Fsp3) is 0.364. The second kappa shape index (κ2) is 4.33. The summed E-state index contributed by atoms with van der Waals surface area (Å²) in [5.74, 6) is -0.367. The minimum Gasteiger partial charge on any atom is -0.480 e. The number of anilines is 1. The van der Waals surface area contributed by atoms with Crippen molar-refractivity contribution in [2.75, 3.05) is 17.2 Å². The Morgan fingerprint density at radius 2 is 2.44 bits per heavy atom. The fourth-order valence-electron chi connectivity index (χ4n) is 1.77. The molecule has 3 nitrogen and oxygen atoms in total.